The molecule has 1 aliphatic heterocycles. The molecule has 1 aromatic heterocycles. The number of aryl methyl sites for hydroxylation is 1. The van der Waals surface area contributed by atoms with Crippen LogP contribution in [-0.2, 0) is 0 Å². The van der Waals surface area contributed by atoms with Crippen LogP contribution in [0.15, 0.2) is 24.3 Å². The van der Waals surface area contributed by atoms with Crippen LogP contribution in [-0.4, -0.2) is 36.6 Å². The van der Waals surface area contributed by atoms with E-state index in [0.29, 0.717) is 5.92 Å². The molecular weight excluding hydrogens is 248 g/mol. The maximum Gasteiger partial charge on any atom is 0.150 e. The van der Waals surface area contributed by atoms with Gasteiger partial charge >= 0.3 is 0 Å². The van der Waals surface area contributed by atoms with Gasteiger partial charge in [0.25, 0.3) is 0 Å². The lowest BCUT2D eigenvalue weighted by Gasteiger charge is -2.28. The zero-order chi connectivity index (χ0) is 13.9. The number of rotatable bonds is 3. The van der Waals surface area contributed by atoms with Gasteiger partial charge in [-0.25, -0.2) is 9.97 Å². The highest BCUT2D eigenvalue weighted by atomic mass is 15.2. The predicted octanol–water partition coefficient (Wildman–Crippen LogP) is 2.37. The van der Waals surface area contributed by atoms with Crippen LogP contribution in [0.5, 0.6) is 0 Å². The average Bonchev–Trinajstić information content (AvgIpc) is 2.47. The molecule has 1 aromatic carbocycles. The second-order valence-corrected chi connectivity index (χ2v) is 5.71. The fraction of sp³-hybridized carbons (Fsp3) is 0.500. The first-order valence-electron chi connectivity index (χ1n) is 7.39. The highest BCUT2D eigenvalue weighted by molar-refractivity contribution is 5.76. The molecule has 20 heavy (non-hydrogen) atoms. The fourth-order valence-corrected chi connectivity index (χ4v) is 2.99. The fourth-order valence-electron chi connectivity index (χ4n) is 2.99. The van der Waals surface area contributed by atoms with Crippen molar-refractivity contribution >= 4 is 16.9 Å². The molecule has 1 fully saturated rings. The number of hydrogen-bond donors (Lipinski definition) is 1. The number of nitrogens with one attached hydrogen (secondary N) is 1. The van der Waals surface area contributed by atoms with Crippen LogP contribution >= 0.6 is 0 Å². The highest BCUT2D eigenvalue weighted by Crippen LogP contribution is 2.21. The molecule has 3 rings (SSSR count). The first-order valence-corrected chi connectivity index (χ1v) is 7.39. The van der Waals surface area contributed by atoms with Crippen LogP contribution in [0.3, 0.4) is 0 Å². The van der Waals surface area contributed by atoms with E-state index >= 15 is 0 Å². The van der Waals surface area contributed by atoms with Gasteiger partial charge in [0, 0.05) is 13.6 Å². The highest BCUT2D eigenvalue weighted by Gasteiger charge is 2.17. The molecule has 0 aliphatic carbocycles. The molecule has 1 saturated heterocycles. The first-order chi connectivity index (χ1) is 9.74. The Hall–Kier alpha value is -1.68. The lowest BCUT2D eigenvalue weighted by Crippen LogP contribution is -2.37. The van der Waals surface area contributed by atoms with Gasteiger partial charge in [0.1, 0.15) is 0 Å². The summed E-state index contributed by atoms with van der Waals surface area (Å²) in [6.07, 6.45) is 2.58. The summed E-state index contributed by atoms with van der Waals surface area (Å²) in [5.41, 5.74) is 2.96. The molecule has 4 nitrogen and oxygen atoms in total. The van der Waals surface area contributed by atoms with Crippen molar-refractivity contribution in [1.29, 1.82) is 0 Å². The molecule has 2 heterocycles. The molecule has 0 amide bonds. The molecule has 0 radical (unpaired) electrons. The van der Waals surface area contributed by atoms with E-state index in [2.05, 4.69) is 22.2 Å². The molecule has 2 aromatic rings. The van der Waals surface area contributed by atoms with Crippen molar-refractivity contribution in [3.05, 3.63) is 30.0 Å². The summed E-state index contributed by atoms with van der Waals surface area (Å²) in [7, 11) is 2.13. The third-order valence-electron chi connectivity index (χ3n) is 4.01. The van der Waals surface area contributed by atoms with Crippen LogP contribution < -0.4 is 10.2 Å². The maximum absolute atomic E-state index is 4.78. The summed E-state index contributed by atoms with van der Waals surface area (Å²) in [5, 5.41) is 3.47. The van der Waals surface area contributed by atoms with Gasteiger partial charge in [-0.3, -0.25) is 0 Å². The smallest absolute Gasteiger partial charge is 0.150 e. The normalized spacial score (nSPS) is 19.2. The quantitative estimate of drug-likeness (QED) is 0.929. The SMILES string of the molecule is Cc1nc2ccccc2nc1N(C)CC1CCCNC1. The maximum atomic E-state index is 4.78. The Balaban J connectivity index is 1.82. The van der Waals surface area contributed by atoms with E-state index in [-0.39, 0.29) is 0 Å². The summed E-state index contributed by atoms with van der Waals surface area (Å²) in [6.45, 7) is 5.37. The molecule has 0 saturated carbocycles. The van der Waals surface area contributed by atoms with E-state index in [1.807, 2.05) is 31.2 Å². The van der Waals surface area contributed by atoms with Crippen molar-refractivity contribution in [2.24, 2.45) is 5.92 Å². The zero-order valence-corrected chi connectivity index (χ0v) is 12.3. The zero-order valence-electron chi connectivity index (χ0n) is 12.3. The number of benzene rings is 1. The summed E-state index contributed by atoms with van der Waals surface area (Å²) in [4.78, 5) is 11.7. The van der Waals surface area contributed by atoms with Crippen molar-refractivity contribution in [3.8, 4) is 0 Å². The Morgan fingerprint density at radius 2 is 2.00 bits per heavy atom. The average molecular weight is 270 g/mol. The summed E-state index contributed by atoms with van der Waals surface area (Å²) in [5.74, 6) is 1.72. The van der Waals surface area contributed by atoms with E-state index in [9.17, 15) is 0 Å². The van der Waals surface area contributed by atoms with Gasteiger partial charge in [-0.15, -0.1) is 0 Å². The number of para-hydroxylation sites is 2. The van der Waals surface area contributed by atoms with Gasteiger partial charge in [-0.2, -0.15) is 0 Å². The molecule has 1 atom stereocenters. The molecule has 4 heteroatoms. The second kappa shape index (κ2) is 5.75. The van der Waals surface area contributed by atoms with Gasteiger partial charge in [0.15, 0.2) is 5.82 Å². The minimum Gasteiger partial charge on any atom is -0.358 e. The van der Waals surface area contributed by atoms with Crippen LogP contribution in [0.1, 0.15) is 18.5 Å². The van der Waals surface area contributed by atoms with Crippen molar-refractivity contribution < 1.29 is 0 Å². The van der Waals surface area contributed by atoms with Crippen molar-refractivity contribution in [2.75, 3.05) is 31.6 Å². The van der Waals surface area contributed by atoms with Gasteiger partial charge in [-0.05, 0) is 50.9 Å². The molecule has 0 spiro atoms. The van der Waals surface area contributed by atoms with Crippen LogP contribution in [0, 0.1) is 12.8 Å². The lowest BCUT2D eigenvalue weighted by atomic mass is 9.99. The van der Waals surface area contributed by atoms with E-state index in [0.717, 1.165) is 42.2 Å². The Bertz CT molecular complexity index is 590. The topological polar surface area (TPSA) is 41.1 Å². The molecular formula is C16H22N4. The van der Waals surface area contributed by atoms with Crippen LogP contribution in [0.2, 0.25) is 0 Å². The van der Waals surface area contributed by atoms with E-state index < -0.39 is 0 Å². The minimum absolute atomic E-state index is 0.710. The third-order valence-corrected chi connectivity index (χ3v) is 4.01. The number of nitrogens with zero attached hydrogens (tertiary/aromatic N) is 3. The number of piperidine rings is 1. The van der Waals surface area contributed by atoms with Crippen LogP contribution in [0.4, 0.5) is 5.82 Å². The van der Waals surface area contributed by atoms with Gasteiger partial charge in [-0.1, -0.05) is 12.1 Å². The summed E-state index contributed by atoms with van der Waals surface area (Å²) in [6, 6.07) is 8.07. The molecule has 106 valence electrons. The number of hydrogen-bond acceptors (Lipinski definition) is 4. The molecule has 1 aliphatic rings. The first kappa shape index (κ1) is 13.3. The molecule has 0 bridgehead atoms. The second-order valence-electron chi connectivity index (χ2n) is 5.71. The van der Waals surface area contributed by atoms with Crippen molar-refractivity contribution in [3.63, 3.8) is 0 Å². The largest absolute Gasteiger partial charge is 0.358 e. The number of fused-ring (bicyclic) bond motifs is 1. The van der Waals surface area contributed by atoms with Gasteiger partial charge < -0.3 is 10.2 Å². The van der Waals surface area contributed by atoms with Gasteiger partial charge in [0.2, 0.25) is 0 Å². The Morgan fingerprint density at radius 3 is 2.70 bits per heavy atom. The third kappa shape index (κ3) is 2.75. The minimum atomic E-state index is 0.710. The summed E-state index contributed by atoms with van der Waals surface area (Å²) < 4.78 is 0. The van der Waals surface area contributed by atoms with Crippen LogP contribution in [0.25, 0.3) is 11.0 Å². The van der Waals surface area contributed by atoms with E-state index in [1.54, 1.807) is 0 Å². The molecule has 1 unspecified atom stereocenters. The van der Waals surface area contributed by atoms with Crippen molar-refractivity contribution in [2.45, 2.75) is 19.8 Å². The Morgan fingerprint density at radius 1 is 1.25 bits per heavy atom. The number of aromatic nitrogens is 2. The molecule has 1 N–H and O–H groups in total. The predicted molar refractivity (Wildman–Crippen MR) is 83.1 cm³/mol. The standard InChI is InChI=1S/C16H22N4/c1-12-16(19-15-8-4-3-7-14(15)18-12)20(2)11-13-6-5-9-17-10-13/h3-4,7-8,13,17H,5-6,9-11H2,1-2H3. The van der Waals surface area contributed by atoms with E-state index in [1.165, 1.54) is 12.8 Å². The number of anilines is 1. The van der Waals surface area contributed by atoms with Crippen molar-refractivity contribution in [1.82, 2.24) is 15.3 Å². The van der Waals surface area contributed by atoms with Gasteiger partial charge in [0.05, 0.1) is 16.7 Å². The Labute approximate surface area is 120 Å². The van der Waals surface area contributed by atoms with E-state index in [4.69, 9.17) is 4.98 Å². The Kier molecular flexibility index (Phi) is 3.83. The lowest BCUT2D eigenvalue weighted by molar-refractivity contribution is 0.380. The monoisotopic (exact) mass is 270 g/mol. The summed E-state index contributed by atoms with van der Waals surface area (Å²) >= 11 is 0.